The summed E-state index contributed by atoms with van der Waals surface area (Å²) in [5.74, 6) is 0. The fourth-order valence-corrected chi connectivity index (χ4v) is 6.10. The van der Waals surface area contributed by atoms with Crippen LogP contribution in [0.2, 0.25) is 0 Å². The first-order valence-electron chi connectivity index (χ1n) is 9.04. The molecule has 1 N–H and O–H groups in total. The minimum Gasteiger partial charge on any atom is -0.357 e. The van der Waals surface area contributed by atoms with E-state index >= 15 is 0 Å². The lowest BCUT2D eigenvalue weighted by Crippen LogP contribution is -2.47. The van der Waals surface area contributed by atoms with Crippen LogP contribution in [0.15, 0.2) is 34.1 Å². The maximum Gasteiger partial charge on any atom is 0.118 e. The number of benzene rings is 1. The summed E-state index contributed by atoms with van der Waals surface area (Å²) in [6.45, 7) is 8.14. The number of thiophene rings is 1. The topological polar surface area (TPSA) is 19.0 Å². The van der Waals surface area contributed by atoms with E-state index in [2.05, 4.69) is 70.0 Å². The van der Waals surface area contributed by atoms with Gasteiger partial charge in [-0.3, -0.25) is 4.90 Å². The first-order valence-corrected chi connectivity index (χ1v) is 10.7. The van der Waals surface area contributed by atoms with E-state index in [4.69, 9.17) is 0 Å². The number of aromatic amines is 1. The quantitative estimate of drug-likeness (QED) is 0.506. The maximum absolute atomic E-state index is 14.7. The zero-order chi connectivity index (χ0) is 18.6. The van der Waals surface area contributed by atoms with Crippen molar-refractivity contribution in [1.29, 1.82) is 0 Å². The Morgan fingerprint density at radius 1 is 1.35 bits per heavy atom. The highest BCUT2D eigenvalue weighted by Gasteiger charge is 2.39. The Morgan fingerprint density at radius 2 is 2.08 bits per heavy atom. The summed E-state index contributed by atoms with van der Waals surface area (Å²) in [5, 5.41) is 1.30. The largest absolute Gasteiger partial charge is 0.357 e. The van der Waals surface area contributed by atoms with Gasteiger partial charge in [0.1, 0.15) is 5.67 Å². The second-order valence-electron chi connectivity index (χ2n) is 8.01. The molecule has 2 nitrogen and oxygen atoms in total. The molecule has 4 rings (SSSR count). The van der Waals surface area contributed by atoms with Crippen molar-refractivity contribution >= 4 is 38.2 Å². The fraction of sp³-hybridized carbons (Fsp3) is 0.429. The minimum atomic E-state index is -1.24. The predicted molar refractivity (Wildman–Crippen MR) is 112 cm³/mol. The van der Waals surface area contributed by atoms with Gasteiger partial charge in [-0.15, -0.1) is 11.3 Å². The predicted octanol–water partition coefficient (Wildman–Crippen LogP) is 6.38. The Hall–Kier alpha value is -1.17. The van der Waals surface area contributed by atoms with Gasteiger partial charge in [0.25, 0.3) is 0 Å². The highest BCUT2D eigenvalue weighted by molar-refractivity contribution is 9.11. The number of alkyl halides is 1. The molecule has 0 fully saturated rings. The van der Waals surface area contributed by atoms with Crippen LogP contribution in [0, 0.1) is 6.92 Å². The lowest BCUT2D eigenvalue weighted by atomic mass is 9.89. The Balaban J connectivity index is 1.93. The van der Waals surface area contributed by atoms with Gasteiger partial charge in [0, 0.05) is 34.1 Å². The number of aryl methyl sites for hydroxylation is 1. The first kappa shape index (κ1) is 18.2. The smallest absolute Gasteiger partial charge is 0.118 e. The number of nitrogens with zero attached hydrogens (tertiary/aromatic N) is 1. The van der Waals surface area contributed by atoms with Crippen LogP contribution in [-0.4, -0.2) is 28.1 Å². The highest BCUT2D eigenvalue weighted by atomic mass is 79.9. The van der Waals surface area contributed by atoms with E-state index in [1.54, 1.807) is 25.2 Å². The van der Waals surface area contributed by atoms with Gasteiger partial charge >= 0.3 is 0 Å². The van der Waals surface area contributed by atoms with E-state index < -0.39 is 5.67 Å². The third kappa shape index (κ3) is 3.14. The molecule has 1 aliphatic heterocycles. The first-order chi connectivity index (χ1) is 12.2. The van der Waals surface area contributed by atoms with Crippen molar-refractivity contribution in [3.63, 3.8) is 0 Å². The fourth-order valence-electron chi connectivity index (χ4n) is 4.20. The van der Waals surface area contributed by atoms with Gasteiger partial charge in [-0.1, -0.05) is 18.2 Å². The SMILES string of the molecule is Cc1cc(Br)sc1[C@@H]1c2[nH]c3ccccc3c2C[C@@H](C)N1CC(C)(C)F. The molecule has 5 heteroatoms. The van der Waals surface area contributed by atoms with Crippen molar-refractivity contribution < 1.29 is 4.39 Å². The molecule has 0 saturated heterocycles. The molecule has 0 bridgehead atoms. The second-order valence-corrected chi connectivity index (χ2v) is 10.5. The molecule has 0 amide bonds. The van der Waals surface area contributed by atoms with Crippen LogP contribution in [0.3, 0.4) is 0 Å². The minimum absolute atomic E-state index is 0.0625. The van der Waals surface area contributed by atoms with Gasteiger partial charge in [0.05, 0.1) is 9.83 Å². The number of aromatic nitrogens is 1. The van der Waals surface area contributed by atoms with Crippen LogP contribution >= 0.6 is 27.3 Å². The normalized spacial score (nSPS) is 21.3. The molecule has 0 radical (unpaired) electrons. The van der Waals surface area contributed by atoms with Crippen LogP contribution in [0.25, 0.3) is 10.9 Å². The van der Waals surface area contributed by atoms with E-state index in [9.17, 15) is 4.39 Å². The molecule has 3 aromatic rings. The number of rotatable bonds is 3. The second kappa shape index (κ2) is 6.47. The number of fused-ring (bicyclic) bond motifs is 3. The third-order valence-corrected chi connectivity index (χ3v) is 7.04. The molecule has 138 valence electrons. The molecular weight excluding hydrogens is 411 g/mol. The summed E-state index contributed by atoms with van der Waals surface area (Å²) >= 11 is 5.40. The third-order valence-electron chi connectivity index (χ3n) is 5.25. The van der Waals surface area contributed by atoms with Gasteiger partial charge in [-0.05, 0) is 73.3 Å². The summed E-state index contributed by atoms with van der Waals surface area (Å²) in [4.78, 5) is 7.29. The van der Waals surface area contributed by atoms with Crippen molar-refractivity contribution in [1.82, 2.24) is 9.88 Å². The van der Waals surface area contributed by atoms with E-state index in [0.717, 1.165) is 10.2 Å². The molecule has 0 unspecified atom stereocenters. The number of hydrogen-bond acceptors (Lipinski definition) is 2. The average molecular weight is 435 g/mol. The van der Waals surface area contributed by atoms with Gasteiger partial charge < -0.3 is 4.98 Å². The molecule has 26 heavy (non-hydrogen) atoms. The van der Waals surface area contributed by atoms with E-state index in [1.165, 1.54) is 32.6 Å². The Kier molecular flexibility index (Phi) is 4.53. The van der Waals surface area contributed by atoms with Gasteiger partial charge in [0.15, 0.2) is 0 Å². The highest BCUT2D eigenvalue weighted by Crippen LogP contribution is 2.45. The van der Waals surface area contributed by atoms with E-state index in [-0.39, 0.29) is 12.1 Å². The number of nitrogens with one attached hydrogen (secondary N) is 1. The molecule has 2 atom stereocenters. The lowest BCUT2D eigenvalue weighted by molar-refractivity contribution is 0.0677. The molecule has 0 spiro atoms. The zero-order valence-electron chi connectivity index (χ0n) is 15.6. The Morgan fingerprint density at radius 3 is 2.73 bits per heavy atom. The van der Waals surface area contributed by atoms with Crippen molar-refractivity contribution in [2.24, 2.45) is 0 Å². The monoisotopic (exact) mass is 434 g/mol. The molecule has 3 heterocycles. The van der Waals surface area contributed by atoms with Gasteiger partial charge in [-0.25, -0.2) is 4.39 Å². The number of halogens is 2. The molecule has 0 aliphatic carbocycles. The van der Waals surface area contributed by atoms with Crippen molar-refractivity contribution in [2.75, 3.05) is 6.54 Å². The van der Waals surface area contributed by atoms with Gasteiger partial charge in [-0.2, -0.15) is 0 Å². The Bertz CT molecular complexity index is 953. The van der Waals surface area contributed by atoms with Crippen LogP contribution in [0.5, 0.6) is 0 Å². The summed E-state index contributed by atoms with van der Waals surface area (Å²) < 4.78 is 15.8. The van der Waals surface area contributed by atoms with Crippen LogP contribution in [0.1, 0.15) is 48.5 Å². The maximum atomic E-state index is 14.7. The average Bonchev–Trinajstić information content (AvgIpc) is 3.06. The molecule has 0 saturated carbocycles. The van der Waals surface area contributed by atoms with E-state index in [0.29, 0.717) is 6.54 Å². The summed E-state index contributed by atoms with van der Waals surface area (Å²) in [6.07, 6.45) is 0.942. The molecule has 1 aliphatic rings. The molecular formula is C21H24BrFN2S. The standard InChI is InChI=1S/C21H24BrFN2S/c1-12-9-17(22)26-20(12)19-18-15(14-7-5-6-8-16(14)24-18)10-13(2)25(19)11-21(3,4)23/h5-9,13,19,24H,10-11H2,1-4H3/t13-,19+/m1/s1. The summed E-state index contributed by atoms with van der Waals surface area (Å²) in [6, 6.07) is 11.0. The number of hydrogen-bond donors (Lipinski definition) is 1. The molecule has 2 aromatic heterocycles. The van der Waals surface area contributed by atoms with Crippen molar-refractivity contribution in [3.8, 4) is 0 Å². The number of para-hydroxylation sites is 1. The molecule has 1 aromatic carbocycles. The van der Waals surface area contributed by atoms with Gasteiger partial charge in [0.2, 0.25) is 0 Å². The lowest BCUT2D eigenvalue weighted by Gasteiger charge is -2.42. The summed E-state index contributed by atoms with van der Waals surface area (Å²) in [7, 11) is 0. The van der Waals surface area contributed by atoms with Crippen molar-refractivity contribution in [2.45, 2.75) is 51.9 Å². The summed E-state index contributed by atoms with van der Waals surface area (Å²) in [5.41, 5.74) is 3.80. The zero-order valence-corrected chi connectivity index (χ0v) is 18.0. The van der Waals surface area contributed by atoms with Crippen LogP contribution in [-0.2, 0) is 6.42 Å². The van der Waals surface area contributed by atoms with Crippen molar-refractivity contribution in [3.05, 3.63) is 55.8 Å². The van der Waals surface area contributed by atoms with Crippen LogP contribution in [0.4, 0.5) is 4.39 Å². The number of H-pyrrole nitrogens is 1. The van der Waals surface area contributed by atoms with Crippen LogP contribution < -0.4 is 0 Å². The Labute approximate surface area is 166 Å². The van der Waals surface area contributed by atoms with E-state index in [1.807, 2.05) is 0 Å².